The predicted octanol–water partition coefficient (Wildman–Crippen LogP) is 1.46. The van der Waals surface area contributed by atoms with Crippen LogP contribution < -0.4 is 27.8 Å². The standard InChI is InChI=1S/C29H43N7O2/c1-20-21(2)34-26-10-9-23(18-24(20)26)19-33-29(38)27(11-8-22-6-4-3-5-7-22)35-28(37)25(32)12-15-36(16-13-30)17-14-31/h3-7,9-10,18,25,27,34H,8,11-17,19,30-32H2,1-2H3,(H,33,38)(H,35,37). The number of nitrogens with one attached hydrogen (secondary N) is 3. The highest BCUT2D eigenvalue weighted by molar-refractivity contribution is 5.90. The van der Waals surface area contributed by atoms with Gasteiger partial charge in [0.1, 0.15) is 6.04 Å². The Morgan fingerprint density at radius 2 is 1.63 bits per heavy atom. The number of H-pyrrole nitrogens is 1. The fraction of sp³-hybridized carbons (Fsp3) is 0.448. The van der Waals surface area contributed by atoms with Crippen molar-refractivity contribution in [2.75, 3.05) is 32.7 Å². The first-order valence-corrected chi connectivity index (χ1v) is 13.4. The van der Waals surface area contributed by atoms with Crippen molar-refractivity contribution in [2.24, 2.45) is 17.2 Å². The van der Waals surface area contributed by atoms with E-state index < -0.39 is 12.1 Å². The Kier molecular flexibility index (Phi) is 11.3. The number of nitrogens with two attached hydrogens (primary N) is 3. The molecule has 9 heteroatoms. The number of amides is 2. The molecule has 0 saturated heterocycles. The molecule has 3 aromatic rings. The van der Waals surface area contributed by atoms with Crippen molar-refractivity contribution in [3.8, 4) is 0 Å². The summed E-state index contributed by atoms with van der Waals surface area (Å²) in [6, 6.07) is 14.6. The zero-order valence-electron chi connectivity index (χ0n) is 22.6. The number of aromatic nitrogens is 1. The van der Waals surface area contributed by atoms with Crippen LogP contribution in [0.15, 0.2) is 48.5 Å². The van der Waals surface area contributed by atoms with E-state index in [4.69, 9.17) is 17.2 Å². The van der Waals surface area contributed by atoms with E-state index in [2.05, 4.69) is 40.4 Å². The summed E-state index contributed by atoms with van der Waals surface area (Å²) < 4.78 is 0. The first-order chi connectivity index (χ1) is 18.3. The van der Waals surface area contributed by atoms with Crippen LogP contribution in [0.1, 0.15) is 35.2 Å². The molecule has 9 N–H and O–H groups in total. The molecule has 1 heterocycles. The van der Waals surface area contributed by atoms with E-state index in [1.165, 1.54) is 5.56 Å². The maximum absolute atomic E-state index is 13.3. The van der Waals surface area contributed by atoms with E-state index in [1.807, 2.05) is 42.5 Å². The van der Waals surface area contributed by atoms with Crippen LogP contribution in [0.4, 0.5) is 0 Å². The van der Waals surface area contributed by atoms with Crippen molar-refractivity contribution >= 4 is 22.7 Å². The Morgan fingerprint density at radius 3 is 2.32 bits per heavy atom. The van der Waals surface area contributed by atoms with Gasteiger partial charge in [0.2, 0.25) is 11.8 Å². The normalized spacial score (nSPS) is 13.0. The van der Waals surface area contributed by atoms with Gasteiger partial charge in [-0.3, -0.25) is 9.59 Å². The van der Waals surface area contributed by atoms with Gasteiger partial charge < -0.3 is 37.7 Å². The molecule has 0 saturated carbocycles. The number of carbonyl (C=O) groups is 2. The molecule has 0 fully saturated rings. The van der Waals surface area contributed by atoms with Crippen LogP contribution >= 0.6 is 0 Å². The third-order valence-electron chi connectivity index (χ3n) is 7.02. The number of hydrogen-bond donors (Lipinski definition) is 6. The van der Waals surface area contributed by atoms with E-state index >= 15 is 0 Å². The van der Waals surface area contributed by atoms with Gasteiger partial charge in [-0.1, -0.05) is 36.4 Å². The number of aryl methyl sites for hydroxylation is 3. The van der Waals surface area contributed by atoms with E-state index in [0.717, 1.165) is 27.7 Å². The second kappa shape index (κ2) is 14.6. The van der Waals surface area contributed by atoms with Crippen LogP contribution in [-0.2, 0) is 22.6 Å². The van der Waals surface area contributed by atoms with Crippen LogP contribution in [0.5, 0.6) is 0 Å². The zero-order valence-corrected chi connectivity index (χ0v) is 22.6. The smallest absolute Gasteiger partial charge is 0.242 e. The van der Waals surface area contributed by atoms with E-state index in [0.29, 0.717) is 58.5 Å². The SMILES string of the molecule is Cc1[nH]c2ccc(CNC(=O)C(CCc3ccccc3)NC(=O)C(N)CCN(CCN)CCN)cc2c1C. The van der Waals surface area contributed by atoms with Gasteiger partial charge >= 0.3 is 0 Å². The van der Waals surface area contributed by atoms with E-state index in [9.17, 15) is 9.59 Å². The fourth-order valence-corrected chi connectivity index (χ4v) is 4.59. The van der Waals surface area contributed by atoms with E-state index in [-0.39, 0.29) is 11.8 Å². The third kappa shape index (κ3) is 8.39. The Hall–Kier alpha value is -3.24. The highest BCUT2D eigenvalue weighted by Crippen LogP contribution is 2.22. The molecular formula is C29H43N7O2. The summed E-state index contributed by atoms with van der Waals surface area (Å²) in [5.41, 5.74) is 23.1. The summed E-state index contributed by atoms with van der Waals surface area (Å²) in [5, 5.41) is 7.06. The lowest BCUT2D eigenvalue weighted by Gasteiger charge is -2.24. The molecule has 0 spiro atoms. The summed E-state index contributed by atoms with van der Waals surface area (Å²) in [6.45, 7) is 7.54. The van der Waals surface area contributed by atoms with Crippen LogP contribution in [0, 0.1) is 13.8 Å². The first kappa shape index (κ1) is 29.3. The topological polar surface area (TPSA) is 155 Å². The second-order valence-corrected chi connectivity index (χ2v) is 9.87. The largest absolute Gasteiger partial charge is 0.358 e. The Bertz CT molecular complexity index is 1170. The number of rotatable bonds is 15. The monoisotopic (exact) mass is 521 g/mol. The highest BCUT2D eigenvalue weighted by atomic mass is 16.2. The Balaban J connectivity index is 1.63. The van der Waals surface area contributed by atoms with Gasteiger partial charge in [-0.15, -0.1) is 0 Å². The van der Waals surface area contributed by atoms with Crippen LogP contribution in [0.3, 0.4) is 0 Å². The van der Waals surface area contributed by atoms with Gasteiger partial charge in [-0.2, -0.15) is 0 Å². The molecule has 0 aliphatic heterocycles. The van der Waals surface area contributed by atoms with Crippen molar-refractivity contribution in [3.05, 3.63) is 70.9 Å². The molecule has 0 radical (unpaired) electrons. The minimum atomic E-state index is -0.734. The van der Waals surface area contributed by atoms with Gasteiger partial charge in [-0.05, 0) is 61.9 Å². The molecule has 2 aromatic carbocycles. The van der Waals surface area contributed by atoms with Crippen LogP contribution in [0.25, 0.3) is 10.9 Å². The average Bonchev–Trinajstić information content (AvgIpc) is 3.21. The number of fused-ring (bicyclic) bond motifs is 1. The molecule has 0 aliphatic carbocycles. The molecule has 0 aliphatic rings. The number of carbonyl (C=O) groups excluding carboxylic acids is 2. The summed E-state index contributed by atoms with van der Waals surface area (Å²) in [7, 11) is 0. The van der Waals surface area contributed by atoms with Gasteiger partial charge in [0.05, 0.1) is 6.04 Å². The third-order valence-corrected chi connectivity index (χ3v) is 7.02. The molecule has 206 valence electrons. The molecule has 2 atom stereocenters. The highest BCUT2D eigenvalue weighted by Gasteiger charge is 2.24. The van der Waals surface area contributed by atoms with Gasteiger partial charge in [0.15, 0.2) is 0 Å². The van der Waals surface area contributed by atoms with Crippen LogP contribution in [-0.4, -0.2) is 66.5 Å². The van der Waals surface area contributed by atoms with Gasteiger partial charge in [0.25, 0.3) is 0 Å². The summed E-state index contributed by atoms with van der Waals surface area (Å²) >= 11 is 0. The summed E-state index contributed by atoms with van der Waals surface area (Å²) in [4.78, 5) is 31.7. The molecule has 1 aromatic heterocycles. The first-order valence-electron chi connectivity index (χ1n) is 13.4. The lowest BCUT2D eigenvalue weighted by Crippen LogP contribution is -2.52. The molecule has 2 amide bonds. The maximum Gasteiger partial charge on any atom is 0.242 e. The van der Waals surface area contributed by atoms with Gasteiger partial charge in [-0.25, -0.2) is 0 Å². The fourth-order valence-electron chi connectivity index (χ4n) is 4.59. The number of nitrogens with zero attached hydrogens (tertiary/aromatic N) is 1. The molecular weight excluding hydrogens is 478 g/mol. The number of aromatic amines is 1. The predicted molar refractivity (Wildman–Crippen MR) is 153 cm³/mol. The van der Waals surface area contributed by atoms with Crippen molar-refractivity contribution in [2.45, 2.75) is 51.7 Å². The Morgan fingerprint density at radius 1 is 0.921 bits per heavy atom. The lowest BCUT2D eigenvalue weighted by molar-refractivity contribution is -0.130. The van der Waals surface area contributed by atoms with Crippen molar-refractivity contribution in [1.82, 2.24) is 20.5 Å². The molecule has 3 rings (SSSR count). The summed E-state index contributed by atoms with van der Waals surface area (Å²) in [6.07, 6.45) is 1.58. The maximum atomic E-state index is 13.3. The Labute approximate surface area is 225 Å². The van der Waals surface area contributed by atoms with Crippen molar-refractivity contribution in [1.29, 1.82) is 0 Å². The zero-order chi connectivity index (χ0) is 27.5. The molecule has 9 nitrogen and oxygen atoms in total. The number of hydrogen-bond acceptors (Lipinski definition) is 6. The molecule has 38 heavy (non-hydrogen) atoms. The quantitative estimate of drug-likeness (QED) is 0.178. The molecule has 0 bridgehead atoms. The second-order valence-electron chi connectivity index (χ2n) is 9.87. The van der Waals surface area contributed by atoms with Gasteiger partial charge in [0, 0.05) is 55.9 Å². The summed E-state index contributed by atoms with van der Waals surface area (Å²) in [5.74, 6) is -0.560. The number of benzene rings is 2. The van der Waals surface area contributed by atoms with E-state index in [1.54, 1.807) is 0 Å². The molecule has 2 unspecified atom stereocenters. The van der Waals surface area contributed by atoms with Crippen molar-refractivity contribution in [3.63, 3.8) is 0 Å². The van der Waals surface area contributed by atoms with Crippen LogP contribution in [0.2, 0.25) is 0 Å². The minimum Gasteiger partial charge on any atom is -0.358 e. The minimum absolute atomic E-state index is 0.226. The lowest BCUT2D eigenvalue weighted by atomic mass is 10.0. The average molecular weight is 522 g/mol. The van der Waals surface area contributed by atoms with Crippen molar-refractivity contribution < 1.29 is 9.59 Å².